The molecular weight excluding hydrogens is 277 g/mol. The minimum absolute atomic E-state index is 0.0468. The van der Waals surface area contributed by atoms with E-state index in [0.29, 0.717) is 24.3 Å². The molecule has 1 heterocycles. The quantitative estimate of drug-likeness (QED) is 0.369. The number of rotatable bonds is 6. The van der Waals surface area contributed by atoms with Gasteiger partial charge in [-0.2, -0.15) is 4.39 Å². The number of nitrogens with one attached hydrogen (secondary N) is 1. The zero-order valence-electron chi connectivity index (χ0n) is 11.1. The molecule has 0 aliphatic rings. The SMILES string of the molecule is O=[N+]([O-])c1ccc(-c2ccc(NCCCO)nc2F)cc1. The fraction of sp³-hybridized carbons (Fsp3) is 0.214. The van der Waals surface area contributed by atoms with Crippen molar-refractivity contribution in [1.82, 2.24) is 4.98 Å². The highest BCUT2D eigenvalue weighted by atomic mass is 19.1. The molecule has 0 aliphatic carbocycles. The van der Waals surface area contributed by atoms with Crippen LogP contribution in [0.3, 0.4) is 0 Å². The fourth-order valence-electron chi connectivity index (χ4n) is 1.81. The molecule has 0 amide bonds. The van der Waals surface area contributed by atoms with E-state index < -0.39 is 10.9 Å². The van der Waals surface area contributed by atoms with Crippen molar-refractivity contribution in [3.63, 3.8) is 0 Å². The van der Waals surface area contributed by atoms with Crippen LogP contribution in [0.1, 0.15) is 6.42 Å². The predicted octanol–water partition coefficient (Wildman–Crippen LogP) is 2.59. The summed E-state index contributed by atoms with van der Waals surface area (Å²) in [6, 6.07) is 8.79. The predicted molar refractivity (Wildman–Crippen MR) is 76.5 cm³/mol. The Bertz CT molecular complexity index is 632. The maximum absolute atomic E-state index is 14.0. The van der Waals surface area contributed by atoms with Gasteiger partial charge in [-0.25, -0.2) is 4.98 Å². The Balaban J connectivity index is 2.18. The number of anilines is 1. The lowest BCUT2D eigenvalue weighted by Crippen LogP contribution is -2.06. The summed E-state index contributed by atoms with van der Waals surface area (Å²) in [6.45, 7) is 0.552. The van der Waals surface area contributed by atoms with Crippen LogP contribution in [0.15, 0.2) is 36.4 Å². The van der Waals surface area contributed by atoms with Crippen LogP contribution in [0, 0.1) is 16.1 Å². The molecule has 2 rings (SSSR count). The molecule has 0 unspecified atom stereocenters. The van der Waals surface area contributed by atoms with E-state index in [-0.39, 0.29) is 17.9 Å². The van der Waals surface area contributed by atoms with Gasteiger partial charge in [-0.15, -0.1) is 0 Å². The van der Waals surface area contributed by atoms with Gasteiger partial charge >= 0.3 is 0 Å². The van der Waals surface area contributed by atoms with Crippen molar-refractivity contribution >= 4 is 11.5 Å². The monoisotopic (exact) mass is 291 g/mol. The number of benzene rings is 1. The number of nitro benzene ring substituents is 1. The molecule has 0 bridgehead atoms. The highest BCUT2D eigenvalue weighted by Gasteiger charge is 2.10. The first-order chi connectivity index (χ1) is 10.1. The number of nitro groups is 1. The van der Waals surface area contributed by atoms with Crippen LogP contribution in [0.5, 0.6) is 0 Å². The third kappa shape index (κ3) is 3.73. The molecular formula is C14H14FN3O3. The number of non-ortho nitro benzene ring substituents is 1. The second-order valence-corrected chi connectivity index (χ2v) is 4.34. The Hall–Kier alpha value is -2.54. The van der Waals surface area contributed by atoms with E-state index in [1.165, 1.54) is 24.3 Å². The number of hydrogen-bond donors (Lipinski definition) is 2. The third-order valence-corrected chi connectivity index (χ3v) is 2.88. The van der Waals surface area contributed by atoms with Crippen molar-refractivity contribution in [2.45, 2.75) is 6.42 Å². The molecule has 0 aliphatic heterocycles. The molecule has 2 N–H and O–H groups in total. The van der Waals surface area contributed by atoms with Crippen LogP contribution < -0.4 is 5.32 Å². The zero-order chi connectivity index (χ0) is 15.2. The van der Waals surface area contributed by atoms with Crippen LogP contribution in [0.4, 0.5) is 15.9 Å². The minimum Gasteiger partial charge on any atom is -0.396 e. The molecule has 7 heteroatoms. The average Bonchev–Trinajstić information content (AvgIpc) is 2.48. The zero-order valence-corrected chi connectivity index (χ0v) is 11.1. The third-order valence-electron chi connectivity index (χ3n) is 2.88. The molecule has 2 aromatic rings. The summed E-state index contributed by atoms with van der Waals surface area (Å²) in [4.78, 5) is 13.9. The Morgan fingerprint density at radius 1 is 1.24 bits per heavy atom. The molecule has 0 radical (unpaired) electrons. The Morgan fingerprint density at radius 2 is 1.95 bits per heavy atom. The highest BCUT2D eigenvalue weighted by Crippen LogP contribution is 2.25. The first kappa shape index (κ1) is 14.9. The number of aliphatic hydroxyl groups is 1. The summed E-state index contributed by atoms with van der Waals surface area (Å²) in [5.74, 6) is -0.274. The number of aromatic nitrogens is 1. The molecule has 0 atom stereocenters. The molecule has 6 nitrogen and oxygen atoms in total. The van der Waals surface area contributed by atoms with Crippen LogP contribution in [0.2, 0.25) is 0 Å². The maximum Gasteiger partial charge on any atom is 0.269 e. The van der Waals surface area contributed by atoms with Gasteiger partial charge in [0.15, 0.2) is 0 Å². The van der Waals surface area contributed by atoms with E-state index in [0.717, 1.165) is 0 Å². The van der Waals surface area contributed by atoms with E-state index in [2.05, 4.69) is 10.3 Å². The van der Waals surface area contributed by atoms with E-state index in [1.807, 2.05) is 0 Å². The Labute approximate surface area is 120 Å². The summed E-state index contributed by atoms with van der Waals surface area (Å²) in [6.07, 6.45) is 0.549. The van der Waals surface area contributed by atoms with Crippen molar-refractivity contribution in [2.75, 3.05) is 18.5 Å². The lowest BCUT2D eigenvalue weighted by Gasteiger charge is -2.07. The summed E-state index contributed by atoms with van der Waals surface area (Å²) in [7, 11) is 0. The molecule has 0 saturated carbocycles. The standard InChI is InChI=1S/C14H14FN3O3/c15-14-12(6-7-13(17-14)16-8-1-9-19)10-2-4-11(5-3-10)18(20)21/h2-7,19H,1,8-9H2,(H,16,17). The summed E-state index contributed by atoms with van der Waals surface area (Å²) >= 11 is 0. The van der Waals surface area contributed by atoms with Crippen molar-refractivity contribution in [2.24, 2.45) is 0 Å². The van der Waals surface area contributed by atoms with Crippen molar-refractivity contribution in [3.8, 4) is 11.1 Å². The van der Waals surface area contributed by atoms with Crippen molar-refractivity contribution < 1.29 is 14.4 Å². The smallest absolute Gasteiger partial charge is 0.269 e. The number of halogens is 1. The summed E-state index contributed by atoms with van der Waals surface area (Å²) in [5, 5.41) is 22.1. The van der Waals surface area contributed by atoms with Crippen LogP contribution >= 0.6 is 0 Å². The van der Waals surface area contributed by atoms with Gasteiger partial charge in [-0.3, -0.25) is 10.1 Å². The van der Waals surface area contributed by atoms with E-state index >= 15 is 0 Å². The Morgan fingerprint density at radius 3 is 2.52 bits per heavy atom. The molecule has 1 aromatic heterocycles. The van der Waals surface area contributed by atoms with Gasteiger partial charge < -0.3 is 10.4 Å². The molecule has 21 heavy (non-hydrogen) atoms. The lowest BCUT2D eigenvalue weighted by atomic mass is 10.1. The second-order valence-electron chi connectivity index (χ2n) is 4.34. The van der Waals surface area contributed by atoms with Crippen LogP contribution in [-0.2, 0) is 0 Å². The second kappa shape index (κ2) is 6.76. The summed E-state index contributed by atoms with van der Waals surface area (Å²) in [5.41, 5.74) is 0.750. The summed E-state index contributed by atoms with van der Waals surface area (Å²) < 4.78 is 14.0. The van der Waals surface area contributed by atoms with Gasteiger partial charge in [-0.1, -0.05) is 0 Å². The maximum atomic E-state index is 14.0. The topological polar surface area (TPSA) is 88.3 Å². The number of pyridine rings is 1. The van der Waals surface area contributed by atoms with Gasteiger partial charge in [0.05, 0.1) is 4.92 Å². The Kier molecular flexibility index (Phi) is 4.78. The average molecular weight is 291 g/mol. The fourth-order valence-corrected chi connectivity index (χ4v) is 1.81. The molecule has 0 saturated heterocycles. The largest absolute Gasteiger partial charge is 0.396 e. The van der Waals surface area contributed by atoms with E-state index in [9.17, 15) is 14.5 Å². The molecule has 0 spiro atoms. The van der Waals surface area contributed by atoms with Crippen LogP contribution in [0.25, 0.3) is 11.1 Å². The minimum atomic E-state index is -0.655. The molecule has 1 aromatic carbocycles. The first-order valence-electron chi connectivity index (χ1n) is 6.38. The van der Waals surface area contributed by atoms with E-state index in [1.54, 1.807) is 12.1 Å². The molecule has 110 valence electrons. The molecule has 0 fully saturated rings. The number of aliphatic hydroxyl groups excluding tert-OH is 1. The lowest BCUT2D eigenvalue weighted by molar-refractivity contribution is -0.384. The number of nitrogens with zero attached hydrogens (tertiary/aromatic N) is 2. The van der Waals surface area contributed by atoms with E-state index in [4.69, 9.17) is 5.11 Å². The van der Waals surface area contributed by atoms with Gasteiger partial charge in [0, 0.05) is 30.8 Å². The van der Waals surface area contributed by atoms with Gasteiger partial charge in [0.2, 0.25) is 5.95 Å². The van der Waals surface area contributed by atoms with Gasteiger partial charge in [0.25, 0.3) is 5.69 Å². The van der Waals surface area contributed by atoms with Crippen molar-refractivity contribution in [1.29, 1.82) is 0 Å². The van der Waals surface area contributed by atoms with Gasteiger partial charge in [-0.05, 0) is 36.2 Å². The highest BCUT2D eigenvalue weighted by molar-refractivity contribution is 5.65. The number of hydrogen-bond acceptors (Lipinski definition) is 5. The normalized spacial score (nSPS) is 10.4. The van der Waals surface area contributed by atoms with Gasteiger partial charge in [0.1, 0.15) is 5.82 Å². The van der Waals surface area contributed by atoms with Crippen LogP contribution in [-0.4, -0.2) is 28.2 Å². The van der Waals surface area contributed by atoms with Crippen molar-refractivity contribution in [3.05, 3.63) is 52.5 Å². The first-order valence-corrected chi connectivity index (χ1v) is 6.38.